The number of rotatable bonds is 6. The van der Waals surface area contributed by atoms with Crippen LogP contribution >= 0.6 is 0 Å². The summed E-state index contributed by atoms with van der Waals surface area (Å²) in [6, 6.07) is 11.3. The number of nitrogens with two attached hydrogens (primary N) is 1. The first kappa shape index (κ1) is 14.5. The van der Waals surface area contributed by atoms with E-state index in [1.165, 1.54) is 37.9 Å². The van der Waals surface area contributed by atoms with Crippen LogP contribution in [-0.4, -0.2) is 30.6 Å². The molecule has 0 bridgehead atoms. The van der Waals surface area contributed by atoms with Gasteiger partial charge in [-0.25, -0.2) is 0 Å². The summed E-state index contributed by atoms with van der Waals surface area (Å²) in [5, 5.41) is 0. The van der Waals surface area contributed by atoms with E-state index in [4.69, 9.17) is 5.73 Å². The molecule has 2 heteroatoms. The number of benzene rings is 1. The van der Waals surface area contributed by atoms with Gasteiger partial charge in [-0.15, -0.1) is 0 Å². The van der Waals surface area contributed by atoms with Crippen LogP contribution in [0.2, 0.25) is 0 Å². The van der Waals surface area contributed by atoms with E-state index in [-0.39, 0.29) is 0 Å². The van der Waals surface area contributed by atoms with E-state index in [0.29, 0.717) is 12.0 Å². The number of likely N-dealkylation sites (tertiary alicyclic amines) is 1. The summed E-state index contributed by atoms with van der Waals surface area (Å²) in [4.78, 5) is 2.62. The third kappa shape index (κ3) is 3.58. The smallest absolute Gasteiger partial charge is 0.0284 e. The number of hydrogen-bond donors (Lipinski definition) is 1. The van der Waals surface area contributed by atoms with Crippen LogP contribution in [0.1, 0.15) is 44.6 Å². The predicted octanol–water partition coefficient (Wildman–Crippen LogP) is 3.24. The van der Waals surface area contributed by atoms with Gasteiger partial charge in [0, 0.05) is 19.1 Å². The lowest BCUT2D eigenvalue weighted by atomic mass is 9.92. The topological polar surface area (TPSA) is 29.3 Å². The Morgan fingerprint density at radius 2 is 2.05 bits per heavy atom. The van der Waals surface area contributed by atoms with Crippen molar-refractivity contribution >= 4 is 0 Å². The fourth-order valence-corrected chi connectivity index (χ4v) is 3.46. The molecule has 0 aliphatic carbocycles. The standard InChI is InChI=1S/C17H28N2/c1-3-7-15-10-11-19(13-15)17(12-18)14(2)16-8-5-4-6-9-16/h4-6,8-9,14-15,17H,3,7,10-13,18H2,1-2H3. The fourth-order valence-electron chi connectivity index (χ4n) is 3.46. The fraction of sp³-hybridized carbons (Fsp3) is 0.647. The minimum absolute atomic E-state index is 0.490. The molecule has 0 saturated carbocycles. The van der Waals surface area contributed by atoms with Crippen molar-refractivity contribution in [3.8, 4) is 0 Å². The molecule has 0 aromatic heterocycles. The Morgan fingerprint density at radius 3 is 2.68 bits per heavy atom. The van der Waals surface area contributed by atoms with Crippen LogP contribution in [0.25, 0.3) is 0 Å². The first-order valence-corrected chi connectivity index (χ1v) is 7.75. The molecule has 1 aliphatic rings. The lowest BCUT2D eigenvalue weighted by molar-refractivity contribution is 0.212. The molecule has 1 fully saturated rings. The molecule has 19 heavy (non-hydrogen) atoms. The minimum Gasteiger partial charge on any atom is -0.329 e. The molecule has 0 amide bonds. The van der Waals surface area contributed by atoms with Crippen molar-refractivity contribution in [3.05, 3.63) is 35.9 Å². The van der Waals surface area contributed by atoms with E-state index in [1.807, 2.05) is 0 Å². The van der Waals surface area contributed by atoms with E-state index in [2.05, 4.69) is 49.1 Å². The first-order chi connectivity index (χ1) is 9.26. The summed E-state index contributed by atoms with van der Waals surface area (Å²) in [5.74, 6) is 1.41. The summed E-state index contributed by atoms with van der Waals surface area (Å²) < 4.78 is 0. The SMILES string of the molecule is CCCC1CCN(C(CN)C(C)c2ccccc2)C1. The third-order valence-electron chi connectivity index (χ3n) is 4.63. The Kier molecular flexibility index (Phi) is 5.41. The van der Waals surface area contributed by atoms with E-state index in [0.717, 1.165) is 12.5 Å². The highest BCUT2D eigenvalue weighted by molar-refractivity contribution is 5.20. The Bertz CT molecular complexity index is 363. The van der Waals surface area contributed by atoms with Crippen LogP contribution in [-0.2, 0) is 0 Å². The largest absolute Gasteiger partial charge is 0.329 e. The maximum absolute atomic E-state index is 6.07. The zero-order valence-electron chi connectivity index (χ0n) is 12.4. The predicted molar refractivity (Wildman–Crippen MR) is 82.3 cm³/mol. The summed E-state index contributed by atoms with van der Waals surface area (Å²) in [7, 11) is 0. The van der Waals surface area contributed by atoms with Gasteiger partial charge in [0.15, 0.2) is 0 Å². The summed E-state index contributed by atoms with van der Waals surface area (Å²) in [5.41, 5.74) is 7.48. The Morgan fingerprint density at radius 1 is 1.32 bits per heavy atom. The van der Waals surface area contributed by atoms with Crippen molar-refractivity contribution in [3.63, 3.8) is 0 Å². The Hall–Kier alpha value is -0.860. The van der Waals surface area contributed by atoms with Gasteiger partial charge in [0.25, 0.3) is 0 Å². The number of nitrogens with zero attached hydrogens (tertiary/aromatic N) is 1. The highest BCUT2D eigenvalue weighted by Crippen LogP contribution is 2.29. The molecule has 1 aromatic carbocycles. The van der Waals surface area contributed by atoms with Crippen LogP contribution in [0.15, 0.2) is 30.3 Å². The van der Waals surface area contributed by atoms with Crippen LogP contribution < -0.4 is 5.73 Å². The van der Waals surface area contributed by atoms with Gasteiger partial charge in [0.1, 0.15) is 0 Å². The maximum atomic E-state index is 6.07. The highest BCUT2D eigenvalue weighted by Gasteiger charge is 2.30. The van der Waals surface area contributed by atoms with Crippen molar-refractivity contribution in [1.82, 2.24) is 4.90 Å². The number of hydrogen-bond acceptors (Lipinski definition) is 2. The molecule has 2 N–H and O–H groups in total. The van der Waals surface area contributed by atoms with Crippen molar-refractivity contribution in [2.75, 3.05) is 19.6 Å². The summed E-state index contributed by atoms with van der Waals surface area (Å²) in [6.45, 7) is 7.83. The third-order valence-corrected chi connectivity index (χ3v) is 4.63. The lowest BCUT2D eigenvalue weighted by Crippen LogP contribution is -2.42. The van der Waals surface area contributed by atoms with E-state index in [1.54, 1.807) is 0 Å². The van der Waals surface area contributed by atoms with Crippen LogP contribution in [0.4, 0.5) is 0 Å². The molecule has 106 valence electrons. The van der Waals surface area contributed by atoms with Crippen LogP contribution in [0.5, 0.6) is 0 Å². The van der Waals surface area contributed by atoms with Gasteiger partial charge >= 0.3 is 0 Å². The van der Waals surface area contributed by atoms with Gasteiger partial charge in [0.05, 0.1) is 0 Å². The van der Waals surface area contributed by atoms with Gasteiger partial charge in [-0.05, 0) is 36.8 Å². The molecule has 1 saturated heterocycles. The van der Waals surface area contributed by atoms with E-state index >= 15 is 0 Å². The Balaban J connectivity index is 2.00. The van der Waals surface area contributed by atoms with Gasteiger partial charge in [-0.3, -0.25) is 4.90 Å². The molecule has 0 radical (unpaired) electrons. The summed E-state index contributed by atoms with van der Waals surface area (Å²) >= 11 is 0. The van der Waals surface area contributed by atoms with Gasteiger partial charge in [-0.2, -0.15) is 0 Å². The zero-order chi connectivity index (χ0) is 13.7. The van der Waals surface area contributed by atoms with Crippen molar-refractivity contribution in [2.45, 2.75) is 45.1 Å². The van der Waals surface area contributed by atoms with Gasteiger partial charge in [-0.1, -0.05) is 50.6 Å². The normalized spacial score (nSPS) is 23.4. The quantitative estimate of drug-likeness (QED) is 0.851. The summed E-state index contributed by atoms with van der Waals surface area (Å²) in [6.07, 6.45) is 4.03. The molecule has 2 nitrogen and oxygen atoms in total. The molecular formula is C17H28N2. The molecule has 2 rings (SSSR count). The first-order valence-electron chi connectivity index (χ1n) is 7.75. The van der Waals surface area contributed by atoms with E-state index in [9.17, 15) is 0 Å². The molecule has 1 heterocycles. The van der Waals surface area contributed by atoms with Gasteiger partial charge in [0.2, 0.25) is 0 Å². The second kappa shape index (κ2) is 7.06. The average Bonchev–Trinajstić information content (AvgIpc) is 2.89. The molecule has 0 spiro atoms. The Labute approximate surface area is 118 Å². The second-order valence-corrected chi connectivity index (χ2v) is 5.94. The van der Waals surface area contributed by atoms with E-state index < -0.39 is 0 Å². The monoisotopic (exact) mass is 260 g/mol. The lowest BCUT2D eigenvalue weighted by Gasteiger charge is -2.32. The van der Waals surface area contributed by atoms with Crippen LogP contribution in [0.3, 0.4) is 0 Å². The maximum Gasteiger partial charge on any atom is 0.0284 e. The van der Waals surface area contributed by atoms with Gasteiger partial charge < -0.3 is 5.73 Å². The van der Waals surface area contributed by atoms with Crippen molar-refractivity contribution < 1.29 is 0 Å². The second-order valence-electron chi connectivity index (χ2n) is 5.94. The van der Waals surface area contributed by atoms with Crippen molar-refractivity contribution in [1.29, 1.82) is 0 Å². The van der Waals surface area contributed by atoms with Crippen LogP contribution in [0, 0.1) is 5.92 Å². The molecule has 1 aromatic rings. The average molecular weight is 260 g/mol. The zero-order valence-corrected chi connectivity index (χ0v) is 12.4. The molecular weight excluding hydrogens is 232 g/mol. The molecule has 3 unspecified atom stereocenters. The molecule has 3 atom stereocenters. The minimum atomic E-state index is 0.490. The molecule has 1 aliphatic heterocycles. The highest BCUT2D eigenvalue weighted by atomic mass is 15.2. The van der Waals surface area contributed by atoms with Crippen molar-refractivity contribution in [2.24, 2.45) is 11.7 Å².